The van der Waals surface area contributed by atoms with Crippen molar-refractivity contribution in [1.29, 1.82) is 0 Å². The van der Waals surface area contributed by atoms with Crippen molar-refractivity contribution < 1.29 is 19.4 Å². The number of amides is 2. The maximum Gasteiger partial charge on any atom is 0.416 e. The van der Waals surface area contributed by atoms with Gasteiger partial charge >= 0.3 is 6.09 Å². The van der Waals surface area contributed by atoms with Gasteiger partial charge < -0.3 is 9.84 Å². The van der Waals surface area contributed by atoms with Gasteiger partial charge in [-0.15, -0.1) is 0 Å². The number of rotatable bonds is 4. The van der Waals surface area contributed by atoms with Gasteiger partial charge in [-0.25, -0.2) is 9.69 Å². The normalized spacial score (nSPS) is 21.4. The Morgan fingerprint density at radius 1 is 1.40 bits per heavy atom. The summed E-state index contributed by atoms with van der Waals surface area (Å²) < 4.78 is 4.99. The number of aliphatic hydroxyl groups is 1. The molecule has 2 amide bonds. The lowest BCUT2D eigenvalue weighted by Crippen LogP contribution is -2.45. The predicted octanol–water partition coefficient (Wildman–Crippen LogP) is 1.59. The molecule has 3 atom stereocenters. The first kappa shape index (κ1) is 14.5. The van der Waals surface area contributed by atoms with E-state index in [-0.39, 0.29) is 18.6 Å². The number of hydrogen-bond donors (Lipinski definition) is 1. The van der Waals surface area contributed by atoms with Crippen LogP contribution in [0.1, 0.15) is 19.4 Å². The number of ether oxygens (including phenoxy) is 1. The molecule has 0 radical (unpaired) electrons. The summed E-state index contributed by atoms with van der Waals surface area (Å²) in [5.74, 6) is -1.01. The van der Waals surface area contributed by atoms with E-state index in [0.717, 1.165) is 10.5 Å². The fourth-order valence-corrected chi connectivity index (χ4v) is 2.19. The van der Waals surface area contributed by atoms with Gasteiger partial charge in [-0.2, -0.15) is 0 Å². The van der Waals surface area contributed by atoms with Crippen LogP contribution in [0.25, 0.3) is 0 Å². The summed E-state index contributed by atoms with van der Waals surface area (Å²) in [4.78, 5) is 25.2. The van der Waals surface area contributed by atoms with Crippen molar-refractivity contribution in [2.75, 3.05) is 6.61 Å². The summed E-state index contributed by atoms with van der Waals surface area (Å²) in [6.45, 7) is 3.35. The largest absolute Gasteiger partial charge is 0.447 e. The second-order valence-corrected chi connectivity index (χ2v) is 5.16. The predicted molar refractivity (Wildman–Crippen MR) is 73.0 cm³/mol. The minimum absolute atomic E-state index is 0.200. The van der Waals surface area contributed by atoms with E-state index in [0.29, 0.717) is 6.42 Å². The van der Waals surface area contributed by atoms with Gasteiger partial charge in [-0.3, -0.25) is 4.79 Å². The van der Waals surface area contributed by atoms with Crippen molar-refractivity contribution in [2.24, 2.45) is 5.92 Å². The highest BCUT2D eigenvalue weighted by Gasteiger charge is 2.40. The summed E-state index contributed by atoms with van der Waals surface area (Å²) in [5.41, 5.74) is 1.04. The van der Waals surface area contributed by atoms with Gasteiger partial charge in [0, 0.05) is 0 Å². The number of carbonyl (C=O) groups is 2. The molecule has 1 aliphatic rings. The van der Waals surface area contributed by atoms with Crippen LogP contribution in [0.2, 0.25) is 0 Å². The number of nitrogens with zero attached hydrogens (tertiary/aromatic N) is 1. The van der Waals surface area contributed by atoms with Crippen molar-refractivity contribution in [2.45, 2.75) is 32.4 Å². The number of cyclic esters (lactones) is 1. The third-order valence-electron chi connectivity index (χ3n) is 3.63. The number of aliphatic hydroxyl groups excluding tert-OH is 1. The molecular weight excluding hydrogens is 258 g/mol. The second kappa shape index (κ2) is 6.05. The summed E-state index contributed by atoms with van der Waals surface area (Å²) in [7, 11) is 0. The highest BCUT2D eigenvalue weighted by molar-refractivity contribution is 5.94. The molecule has 5 heteroatoms. The fraction of sp³-hybridized carbons (Fsp3) is 0.467. The van der Waals surface area contributed by atoms with Crippen LogP contribution in [0.15, 0.2) is 30.3 Å². The number of carbonyl (C=O) groups excluding carboxylic acids is 2. The number of hydrogen-bond acceptors (Lipinski definition) is 4. The van der Waals surface area contributed by atoms with Crippen LogP contribution in [0.4, 0.5) is 4.79 Å². The molecule has 0 aromatic heterocycles. The van der Waals surface area contributed by atoms with Crippen LogP contribution in [0.3, 0.4) is 0 Å². The highest BCUT2D eigenvalue weighted by Crippen LogP contribution is 2.21. The molecule has 2 rings (SSSR count). The lowest BCUT2D eigenvalue weighted by Gasteiger charge is -2.24. The summed E-state index contributed by atoms with van der Waals surface area (Å²) in [5, 5.41) is 9.51. The molecule has 0 aliphatic carbocycles. The lowest BCUT2D eigenvalue weighted by atomic mass is 10.0. The van der Waals surface area contributed by atoms with Gasteiger partial charge in [-0.1, -0.05) is 37.3 Å². The maximum atomic E-state index is 12.3. The Kier molecular flexibility index (Phi) is 4.39. The monoisotopic (exact) mass is 277 g/mol. The molecule has 0 spiro atoms. The zero-order valence-electron chi connectivity index (χ0n) is 11.7. The zero-order chi connectivity index (χ0) is 14.7. The minimum Gasteiger partial charge on any atom is -0.447 e. The van der Waals surface area contributed by atoms with Crippen LogP contribution < -0.4 is 0 Å². The summed E-state index contributed by atoms with van der Waals surface area (Å²) >= 11 is 0. The van der Waals surface area contributed by atoms with Gasteiger partial charge in [-0.05, 0) is 18.9 Å². The van der Waals surface area contributed by atoms with Gasteiger partial charge in [0.15, 0.2) is 0 Å². The van der Waals surface area contributed by atoms with E-state index in [4.69, 9.17) is 4.74 Å². The molecule has 1 aromatic carbocycles. The topological polar surface area (TPSA) is 66.8 Å². The quantitative estimate of drug-likeness (QED) is 0.907. The standard InChI is InChI=1S/C15H19NO4/c1-10(11(2)17)14(18)16-13(9-20-15(16)19)8-12-6-4-3-5-7-12/h3-7,10-11,13,17H,8-9H2,1-2H3/t10-,11+,13-/m1/s1. The molecule has 1 aromatic rings. The lowest BCUT2D eigenvalue weighted by molar-refractivity contribution is -0.135. The number of imide groups is 1. The first-order valence-electron chi connectivity index (χ1n) is 6.72. The smallest absolute Gasteiger partial charge is 0.416 e. The Labute approximate surface area is 118 Å². The van der Waals surface area contributed by atoms with Crippen molar-refractivity contribution in [3.63, 3.8) is 0 Å². The Morgan fingerprint density at radius 3 is 2.65 bits per heavy atom. The van der Waals surface area contributed by atoms with Crippen molar-refractivity contribution >= 4 is 12.0 Å². The molecule has 0 bridgehead atoms. The highest BCUT2D eigenvalue weighted by atomic mass is 16.6. The van der Waals surface area contributed by atoms with E-state index in [2.05, 4.69) is 0 Å². The fourth-order valence-electron chi connectivity index (χ4n) is 2.19. The van der Waals surface area contributed by atoms with E-state index in [1.807, 2.05) is 30.3 Å². The first-order chi connectivity index (χ1) is 9.50. The Morgan fingerprint density at radius 2 is 2.05 bits per heavy atom. The van der Waals surface area contributed by atoms with Crippen molar-refractivity contribution in [1.82, 2.24) is 4.90 Å². The van der Waals surface area contributed by atoms with E-state index in [1.165, 1.54) is 6.92 Å². The average molecular weight is 277 g/mol. The number of benzene rings is 1. The third-order valence-corrected chi connectivity index (χ3v) is 3.63. The van der Waals surface area contributed by atoms with E-state index in [9.17, 15) is 14.7 Å². The van der Waals surface area contributed by atoms with Crippen LogP contribution in [0, 0.1) is 5.92 Å². The summed E-state index contributed by atoms with van der Waals surface area (Å²) in [6.07, 6.45) is -0.859. The van der Waals surface area contributed by atoms with E-state index >= 15 is 0 Å². The molecule has 0 unspecified atom stereocenters. The van der Waals surface area contributed by atoms with Gasteiger partial charge in [0.25, 0.3) is 0 Å². The van der Waals surface area contributed by atoms with Crippen molar-refractivity contribution in [3.05, 3.63) is 35.9 Å². The van der Waals surface area contributed by atoms with E-state index in [1.54, 1.807) is 6.92 Å². The SMILES string of the molecule is C[C@H](O)[C@@H](C)C(=O)N1C(=O)OC[C@H]1Cc1ccccc1. The van der Waals surface area contributed by atoms with Crippen LogP contribution in [0.5, 0.6) is 0 Å². The minimum atomic E-state index is -0.798. The van der Waals surface area contributed by atoms with Crippen LogP contribution >= 0.6 is 0 Å². The molecule has 1 aliphatic heterocycles. The molecular formula is C15H19NO4. The molecule has 20 heavy (non-hydrogen) atoms. The maximum absolute atomic E-state index is 12.3. The molecule has 1 heterocycles. The molecule has 0 saturated carbocycles. The molecule has 1 saturated heterocycles. The van der Waals surface area contributed by atoms with Gasteiger partial charge in [0.1, 0.15) is 6.61 Å². The zero-order valence-corrected chi connectivity index (χ0v) is 11.7. The van der Waals surface area contributed by atoms with Crippen LogP contribution in [-0.4, -0.2) is 40.8 Å². The molecule has 1 N–H and O–H groups in total. The van der Waals surface area contributed by atoms with Crippen molar-refractivity contribution in [3.8, 4) is 0 Å². The second-order valence-electron chi connectivity index (χ2n) is 5.16. The Bertz CT molecular complexity index is 486. The third kappa shape index (κ3) is 2.99. The Balaban J connectivity index is 2.13. The van der Waals surface area contributed by atoms with Gasteiger partial charge in [0.05, 0.1) is 18.1 Å². The molecule has 5 nitrogen and oxygen atoms in total. The average Bonchev–Trinajstić information content (AvgIpc) is 2.79. The van der Waals surface area contributed by atoms with Gasteiger partial charge in [0.2, 0.25) is 5.91 Å². The van der Waals surface area contributed by atoms with E-state index < -0.39 is 18.1 Å². The Hall–Kier alpha value is -1.88. The molecule has 108 valence electrons. The van der Waals surface area contributed by atoms with Crippen LogP contribution in [-0.2, 0) is 16.0 Å². The summed E-state index contributed by atoms with van der Waals surface area (Å²) in [6, 6.07) is 9.33. The first-order valence-corrected chi connectivity index (χ1v) is 6.72. The molecule has 1 fully saturated rings.